The Bertz CT molecular complexity index is 1170. The van der Waals surface area contributed by atoms with Crippen LogP contribution in [0.3, 0.4) is 0 Å². The third kappa shape index (κ3) is 5.66. The lowest BCUT2D eigenvalue weighted by Crippen LogP contribution is -2.30. The van der Waals surface area contributed by atoms with E-state index in [0.29, 0.717) is 31.1 Å². The van der Waals surface area contributed by atoms with Crippen molar-refractivity contribution in [1.82, 2.24) is 19.1 Å². The van der Waals surface area contributed by atoms with E-state index >= 15 is 0 Å². The number of rotatable bonds is 11. The summed E-state index contributed by atoms with van der Waals surface area (Å²) in [5.41, 5.74) is 3.18. The zero-order valence-corrected chi connectivity index (χ0v) is 21.5. The Kier molecular flexibility index (Phi) is 8.69. The molecule has 0 aliphatic carbocycles. The number of thioether (sulfide) groups is 1. The van der Waals surface area contributed by atoms with Crippen molar-refractivity contribution < 1.29 is 13.2 Å². The van der Waals surface area contributed by atoms with Gasteiger partial charge >= 0.3 is 0 Å². The number of methoxy groups -OCH3 is 1. The molecule has 0 aliphatic rings. The maximum atomic E-state index is 13.1. The number of ether oxygens (including phenoxy) is 1. The van der Waals surface area contributed by atoms with Gasteiger partial charge in [-0.05, 0) is 37.1 Å². The minimum Gasteiger partial charge on any atom is -0.383 e. The van der Waals surface area contributed by atoms with E-state index < -0.39 is 10.0 Å². The molecule has 7 nitrogen and oxygen atoms in total. The average molecular weight is 489 g/mol. The van der Waals surface area contributed by atoms with Crippen molar-refractivity contribution in [1.29, 1.82) is 0 Å². The van der Waals surface area contributed by atoms with Crippen molar-refractivity contribution >= 4 is 21.8 Å². The predicted molar refractivity (Wildman–Crippen MR) is 133 cm³/mol. The summed E-state index contributed by atoms with van der Waals surface area (Å²) in [4.78, 5) is 0.256. The van der Waals surface area contributed by atoms with Crippen LogP contribution >= 0.6 is 11.8 Å². The standard InChI is InChI=1S/C24H32N4O3S2/c1-6-27(7-2)33(29,30)22-14-10-13-20(15-22)23-25-26-24(28(23)19(4)16-31-5)32-17-21-12-9-8-11-18(21)3/h8-15,19H,6-7,16-17H2,1-5H3/t19-/m0/s1. The molecule has 3 aromatic rings. The maximum Gasteiger partial charge on any atom is 0.243 e. The van der Waals surface area contributed by atoms with Crippen molar-refractivity contribution in [3.63, 3.8) is 0 Å². The molecule has 33 heavy (non-hydrogen) atoms. The Morgan fingerprint density at radius 3 is 2.48 bits per heavy atom. The highest BCUT2D eigenvalue weighted by Gasteiger charge is 2.24. The van der Waals surface area contributed by atoms with Gasteiger partial charge in [0.2, 0.25) is 10.0 Å². The monoisotopic (exact) mass is 488 g/mol. The van der Waals surface area contributed by atoms with Crippen molar-refractivity contribution in [2.45, 2.75) is 49.5 Å². The molecule has 1 aromatic heterocycles. The fraction of sp³-hybridized carbons (Fsp3) is 0.417. The summed E-state index contributed by atoms with van der Waals surface area (Å²) < 4.78 is 35.0. The fourth-order valence-corrected chi connectivity index (χ4v) is 6.32. The van der Waals surface area contributed by atoms with Gasteiger partial charge in [0.05, 0.1) is 17.5 Å². The van der Waals surface area contributed by atoms with Gasteiger partial charge in [-0.2, -0.15) is 4.31 Å². The molecule has 0 unspecified atom stereocenters. The summed E-state index contributed by atoms with van der Waals surface area (Å²) in [6, 6.07) is 15.2. The lowest BCUT2D eigenvalue weighted by atomic mass is 10.1. The molecule has 1 atom stereocenters. The number of sulfonamides is 1. The summed E-state index contributed by atoms with van der Waals surface area (Å²) in [6.45, 7) is 9.15. The molecule has 0 bridgehead atoms. The van der Waals surface area contributed by atoms with Gasteiger partial charge in [-0.15, -0.1) is 10.2 Å². The first-order valence-corrected chi connectivity index (χ1v) is 13.5. The van der Waals surface area contributed by atoms with Crippen LogP contribution in [0.5, 0.6) is 0 Å². The molecule has 0 aliphatic heterocycles. The average Bonchev–Trinajstić information content (AvgIpc) is 3.23. The van der Waals surface area contributed by atoms with E-state index in [4.69, 9.17) is 4.74 Å². The lowest BCUT2D eigenvalue weighted by Gasteiger charge is -2.20. The molecule has 0 N–H and O–H groups in total. The summed E-state index contributed by atoms with van der Waals surface area (Å²) in [6.07, 6.45) is 0. The van der Waals surface area contributed by atoms with Crippen molar-refractivity contribution in [2.24, 2.45) is 0 Å². The molecule has 3 rings (SSSR count). The van der Waals surface area contributed by atoms with Gasteiger partial charge in [0.25, 0.3) is 0 Å². The summed E-state index contributed by atoms with van der Waals surface area (Å²) in [5, 5.41) is 9.69. The van der Waals surface area contributed by atoms with Gasteiger partial charge in [-0.3, -0.25) is 4.57 Å². The van der Waals surface area contributed by atoms with E-state index in [0.717, 1.165) is 10.9 Å². The largest absolute Gasteiger partial charge is 0.383 e. The Morgan fingerprint density at radius 1 is 1.09 bits per heavy atom. The first kappa shape index (κ1) is 25.4. The highest BCUT2D eigenvalue weighted by molar-refractivity contribution is 7.98. The first-order chi connectivity index (χ1) is 15.8. The molecule has 178 valence electrons. The van der Waals surface area contributed by atoms with Crippen LogP contribution in [0.1, 0.15) is 37.9 Å². The van der Waals surface area contributed by atoms with E-state index in [1.807, 2.05) is 43.5 Å². The van der Waals surface area contributed by atoms with Gasteiger partial charge in [0.15, 0.2) is 11.0 Å². The second-order valence-corrected chi connectivity index (χ2v) is 10.7. The Labute approximate surface area is 201 Å². The van der Waals surface area contributed by atoms with Gasteiger partial charge in [0.1, 0.15) is 0 Å². The van der Waals surface area contributed by atoms with Gasteiger partial charge < -0.3 is 4.74 Å². The minimum absolute atomic E-state index is 0.0255. The Morgan fingerprint density at radius 2 is 1.82 bits per heavy atom. The molecule has 0 saturated carbocycles. The number of aryl methyl sites for hydroxylation is 1. The lowest BCUT2D eigenvalue weighted by molar-refractivity contribution is 0.159. The highest BCUT2D eigenvalue weighted by Crippen LogP contribution is 2.31. The quantitative estimate of drug-likeness (QED) is 0.361. The van der Waals surface area contributed by atoms with Gasteiger partial charge in [-0.25, -0.2) is 8.42 Å². The molecule has 0 saturated heterocycles. The van der Waals surface area contributed by atoms with Gasteiger partial charge in [-0.1, -0.05) is 62.0 Å². The number of aromatic nitrogens is 3. The molecule has 0 spiro atoms. The zero-order valence-electron chi connectivity index (χ0n) is 19.9. The van der Waals surface area contributed by atoms with Crippen LogP contribution < -0.4 is 0 Å². The summed E-state index contributed by atoms with van der Waals surface area (Å²) in [5.74, 6) is 1.39. The molecule has 0 amide bonds. The highest BCUT2D eigenvalue weighted by atomic mass is 32.2. The second kappa shape index (κ2) is 11.3. The van der Waals surface area contributed by atoms with Crippen LogP contribution in [0.15, 0.2) is 58.6 Å². The minimum atomic E-state index is -3.57. The predicted octanol–water partition coefficient (Wildman–Crippen LogP) is 4.78. The van der Waals surface area contributed by atoms with E-state index in [1.54, 1.807) is 37.1 Å². The third-order valence-corrected chi connectivity index (χ3v) is 8.60. The molecule has 0 radical (unpaired) electrons. The smallest absolute Gasteiger partial charge is 0.243 e. The van der Waals surface area contributed by atoms with E-state index in [-0.39, 0.29) is 10.9 Å². The molecule has 1 heterocycles. The zero-order chi connectivity index (χ0) is 24.0. The number of hydrogen-bond acceptors (Lipinski definition) is 6. The van der Waals surface area contributed by atoms with Crippen LogP contribution in [0, 0.1) is 6.92 Å². The second-order valence-electron chi connectivity index (χ2n) is 7.81. The van der Waals surface area contributed by atoms with E-state index in [9.17, 15) is 8.42 Å². The molecule has 2 aromatic carbocycles. The maximum absolute atomic E-state index is 13.1. The molecular formula is C24H32N4O3S2. The summed E-state index contributed by atoms with van der Waals surface area (Å²) in [7, 11) is -1.91. The Hall–Kier alpha value is -2.20. The van der Waals surface area contributed by atoms with Crippen LogP contribution in [-0.2, 0) is 20.5 Å². The van der Waals surface area contributed by atoms with Crippen molar-refractivity contribution in [3.05, 3.63) is 59.7 Å². The van der Waals surface area contributed by atoms with Crippen LogP contribution in [0.4, 0.5) is 0 Å². The number of benzene rings is 2. The summed E-state index contributed by atoms with van der Waals surface area (Å²) >= 11 is 1.61. The molecule has 9 heteroatoms. The fourth-order valence-electron chi connectivity index (χ4n) is 3.71. The third-order valence-electron chi connectivity index (χ3n) is 5.57. The van der Waals surface area contributed by atoms with Crippen LogP contribution in [-0.4, -0.2) is 54.3 Å². The first-order valence-electron chi connectivity index (χ1n) is 11.0. The van der Waals surface area contributed by atoms with Crippen molar-refractivity contribution in [3.8, 4) is 11.4 Å². The number of nitrogens with zero attached hydrogens (tertiary/aromatic N) is 4. The van der Waals surface area contributed by atoms with E-state index in [1.165, 1.54) is 15.4 Å². The van der Waals surface area contributed by atoms with Gasteiger partial charge in [0, 0.05) is 31.5 Å². The topological polar surface area (TPSA) is 77.3 Å². The van der Waals surface area contributed by atoms with E-state index in [2.05, 4.69) is 29.3 Å². The molecule has 0 fully saturated rings. The van der Waals surface area contributed by atoms with Crippen LogP contribution in [0.25, 0.3) is 11.4 Å². The normalized spacial score (nSPS) is 12.9. The SMILES string of the molecule is CCN(CC)S(=O)(=O)c1cccc(-c2nnc(SCc3ccccc3C)n2[C@@H](C)COC)c1. The van der Waals surface area contributed by atoms with Crippen LogP contribution in [0.2, 0.25) is 0 Å². The molecular weight excluding hydrogens is 456 g/mol. The number of hydrogen-bond donors (Lipinski definition) is 0. The van der Waals surface area contributed by atoms with Crippen molar-refractivity contribution in [2.75, 3.05) is 26.8 Å². The Balaban J connectivity index is 2.00.